The van der Waals surface area contributed by atoms with Crippen molar-refractivity contribution in [2.45, 2.75) is 0 Å². The molecule has 6 heteroatoms. The summed E-state index contributed by atoms with van der Waals surface area (Å²) in [6.45, 7) is 0. The molecule has 3 rings (SSSR count). The molecular formula is C14H7FN4O. The predicted octanol–water partition coefficient (Wildman–Crippen LogP) is 2.81. The summed E-state index contributed by atoms with van der Waals surface area (Å²) < 4.78 is 18.2. The summed E-state index contributed by atoms with van der Waals surface area (Å²) >= 11 is 0. The van der Waals surface area contributed by atoms with E-state index < -0.39 is 5.95 Å². The summed E-state index contributed by atoms with van der Waals surface area (Å²) in [7, 11) is 0. The van der Waals surface area contributed by atoms with Gasteiger partial charge >= 0.3 is 0 Å². The number of rotatable bonds is 2. The van der Waals surface area contributed by atoms with Gasteiger partial charge in [-0.2, -0.15) is 9.65 Å². The molecule has 2 heterocycles. The van der Waals surface area contributed by atoms with Crippen molar-refractivity contribution in [3.63, 3.8) is 0 Å². The van der Waals surface area contributed by atoms with E-state index in [0.29, 0.717) is 22.6 Å². The van der Waals surface area contributed by atoms with Crippen LogP contribution in [0, 0.1) is 17.3 Å². The first kappa shape index (κ1) is 12.0. The van der Waals surface area contributed by atoms with Crippen molar-refractivity contribution in [3.8, 4) is 29.0 Å². The second-order valence-electron chi connectivity index (χ2n) is 3.97. The van der Waals surface area contributed by atoms with Crippen LogP contribution in [-0.4, -0.2) is 15.2 Å². The van der Waals surface area contributed by atoms with Crippen LogP contribution in [0.1, 0.15) is 5.56 Å². The first-order valence-electron chi connectivity index (χ1n) is 5.72. The molecule has 0 saturated heterocycles. The fourth-order valence-corrected chi connectivity index (χ4v) is 1.65. The molecule has 2 aromatic heterocycles. The van der Waals surface area contributed by atoms with Gasteiger partial charge in [0.05, 0.1) is 17.2 Å². The van der Waals surface area contributed by atoms with E-state index in [0.717, 1.165) is 0 Å². The summed E-state index contributed by atoms with van der Waals surface area (Å²) in [5, 5.41) is 16.5. The molecule has 0 fully saturated rings. The zero-order valence-electron chi connectivity index (χ0n) is 10.1. The highest BCUT2D eigenvalue weighted by molar-refractivity contribution is 5.57. The smallest absolute Gasteiger partial charge is 0.249 e. The summed E-state index contributed by atoms with van der Waals surface area (Å²) in [4.78, 5) is 3.53. The van der Waals surface area contributed by atoms with E-state index in [1.807, 2.05) is 6.07 Å². The Morgan fingerprint density at radius 3 is 2.20 bits per heavy atom. The van der Waals surface area contributed by atoms with Gasteiger partial charge in [0.15, 0.2) is 0 Å². The highest BCUT2D eigenvalue weighted by atomic mass is 19.1. The topological polar surface area (TPSA) is 75.6 Å². The highest BCUT2D eigenvalue weighted by Gasteiger charge is 2.10. The van der Waals surface area contributed by atoms with E-state index >= 15 is 0 Å². The summed E-state index contributed by atoms with van der Waals surface area (Å²) in [5.74, 6) is 0.0197. The van der Waals surface area contributed by atoms with Gasteiger partial charge in [0.2, 0.25) is 17.7 Å². The van der Waals surface area contributed by atoms with E-state index in [9.17, 15) is 4.39 Å². The zero-order chi connectivity index (χ0) is 13.9. The molecule has 0 spiro atoms. The molecule has 0 N–H and O–H groups in total. The van der Waals surface area contributed by atoms with E-state index in [1.165, 1.54) is 18.3 Å². The minimum absolute atomic E-state index is 0.261. The average molecular weight is 266 g/mol. The van der Waals surface area contributed by atoms with Crippen LogP contribution in [0.3, 0.4) is 0 Å². The van der Waals surface area contributed by atoms with Crippen LogP contribution >= 0.6 is 0 Å². The molecular weight excluding hydrogens is 259 g/mol. The number of aromatic nitrogens is 3. The van der Waals surface area contributed by atoms with Crippen molar-refractivity contribution >= 4 is 0 Å². The quantitative estimate of drug-likeness (QED) is 0.666. The Labute approximate surface area is 113 Å². The monoisotopic (exact) mass is 266 g/mol. The fourth-order valence-electron chi connectivity index (χ4n) is 1.65. The molecule has 0 amide bonds. The maximum absolute atomic E-state index is 12.7. The Balaban J connectivity index is 1.93. The third kappa shape index (κ3) is 2.24. The van der Waals surface area contributed by atoms with Crippen LogP contribution in [0.5, 0.6) is 0 Å². The number of nitrogens with zero attached hydrogens (tertiary/aromatic N) is 4. The molecule has 0 atom stereocenters. The molecule has 5 nitrogen and oxygen atoms in total. The van der Waals surface area contributed by atoms with Gasteiger partial charge in [-0.15, -0.1) is 10.2 Å². The predicted molar refractivity (Wildman–Crippen MR) is 67.6 cm³/mol. The summed E-state index contributed by atoms with van der Waals surface area (Å²) in [6.07, 6.45) is 1.32. The summed E-state index contributed by atoms with van der Waals surface area (Å²) in [5.41, 5.74) is 1.80. The minimum atomic E-state index is -0.569. The van der Waals surface area contributed by atoms with Crippen molar-refractivity contribution in [1.29, 1.82) is 5.26 Å². The van der Waals surface area contributed by atoms with Crippen LogP contribution < -0.4 is 0 Å². The highest BCUT2D eigenvalue weighted by Crippen LogP contribution is 2.23. The Kier molecular flexibility index (Phi) is 2.94. The molecule has 0 radical (unpaired) electrons. The van der Waals surface area contributed by atoms with Gasteiger partial charge in [0.25, 0.3) is 0 Å². The van der Waals surface area contributed by atoms with Crippen molar-refractivity contribution in [1.82, 2.24) is 15.2 Å². The van der Waals surface area contributed by atoms with Crippen LogP contribution in [-0.2, 0) is 0 Å². The average Bonchev–Trinajstić information content (AvgIpc) is 2.98. The SMILES string of the molecule is N#Cc1ccc(-c2nnc(-c3ccc(F)nc3)o2)cc1. The first-order chi connectivity index (χ1) is 9.76. The molecule has 1 aromatic carbocycles. The van der Waals surface area contributed by atoms with Gasteiger partial charge in [-0.25, -0.2) is 4.98 Å². The number of nitriles is 1. The zero-order valence-corrected chi connectivity index (χ0v) is 10.1. The maximum atomic E-state index is 12.7. The third-order valence-corrected chi connectivity index (χ3v) is 2.66. The van der Waals surface area contributed by atoms with E-state index in [-0.39, 0.29) is 5.89 Å². The Morgan fingerprint density at radius 1 is 0.950 bits per heavy atom. The number of pyridine rings is 1. The lowest BCUT2D eigenvalue weighted by molar-refractivity contribution is 0.575. The Morgan fingerprint density at radius 2 is 1.60 bits per heavy atom. The Bertz CT molecular complexity index is 772. The van der Waals surface area contributed by atoms with Crippen molar-refractivity contribution in [2.24, 2.45) is 0 Å². The lowest BCUT2D eigenvalue weighted by atomic mass is 10.1. The van der Waals surface area contributed by atoms with Gasteiger partial charge in [0, 0.05) is 11.8 Å². The number of benzene rings is 1. The van der Waals surface area contributed by atoms with Crippen molar-refractivity contribution in [2.75, 3.05) is 0 Å². The van der Waals surface area contributed by atoms with Crippen LogP contribution in [0.25, 0.3) is 22.9 Å². The third-order valence-electron chi connectivity index (χ3n) is 2.66. The van der Waals surface area contributed by atoms with Crippen LogP contribution in [0.4, 0.5) is 4.39 Å². The van der Waals surface area contributed by atoms with E-state index in [1.54, 1.807) is 24.3 Å². The molecule has 0 saturated carbocycles. The standard InChI is InChI=1S/C14H7FN4O/c15-12-6-5-11(8-17-12)14-19-18-13(20-14)10-3-1-9(7-16)2-4-10/h1-6,8H. The molecule has 0 aliphatic rings. The molecule has 96 valence electrons. The van der Waals surface area contributed by atoms with E-state index in [2.05, 4.69) is 15.2 Å². The Hall–Kier alpha value is -3.07. The number of hydrogen-bond donors (Lipinski definition) is 0. The van der Waals surface area contributed by atoms with Gasteiger partial charge in [-0.1, -0.05) is 0 Å². The molecule has 20 heavy (non-hydrogen) atoms. The molecule has 0 aliphatic heterocycles. The lowest BCUT2D eigenvalue weighted by Gasteiger charge is -1.95. The molecule has 0 aliphatic carbocycles. The van der Waals surface area contributed by atoms with E-state index in [4.69, 9.17) is 9.68 Å². The molecule has 0 unspecified atom stereocenters. The van der Waals surface area contributed by atoms with Gasteiger partial charge < -0.3 is 4.42 Å². The number of hydrogen-bond acceptors (Lipinski definition) is 5. The summed E-state index contributed by atoms with van der Waals surface area (Å²) in [6, 6.07) is 11.5. The minimum Gasteiger partial charge on any atom is -0.416 e. The maximum Gasteiger partial charge on any atom is 0.249 e. The first-order valence-corrected chi connectivity index (χ1v) is 5.72. The second-order valence-corrected chi connectivity index (χ2v) is 3.97. The van der Waals surface area contributed by atoms with Crippen LogP contribution in [0.15, 0.2) is 47.0 Å². The van der Waals surface area contributed by atoms with Crippen molar-refractivity contribution in [3.05, 3.63) is 54.1 Å². The van der Waals surface area contributed by atoms with Gasteiger partial charge in [-0.3, -0.25) is 0 Å². The van der Waals surface area contributed by atoms with Crippen LogP contribution in [0.2, 0.25) is 0 Å². The normalized spacial score (nSPS) is 10.2. The second kappa shape index (κ2) is 4.90. The number of halogens is 1. The van der Waals surface area contributed by atoms with Gasteiger partial charge in [-0.05, 0) is 36.4 Å². The molecule has 3 aromatic rings. The fraction of sp³-hybridized carbons (Fsp3) is 0. The van der Waals surface area contributed by atoms with Crippen molar-refractivity contribution < 1.29 is 8.81 Å². The molecule has 0 bridgehead atoms. The lowest BCUT2D eigenvalue weighted by Crippen LogP contribution is -1.83. The largest absolute Gasteiger partial charge is 0.416 e. The van der Waals surface area contributed by atoms with Gasteiger partial charge in [0.1, 0.15) is 0 Å².